The standard InChI is InChI=1S/C16H15ClFN3O/c1-10-11(7-18)4-3-5-12(10)8-21-9-19-15-13(22-2)6-14(17)20-16(15)21/h3-6,9H,7-8H2,1-2H3. The number of alkyl halides is 1. The van der Waals surface area contributed by atoms with Gasteiger partial charge in [0.25, 0.3) is 0 Å². The highest BCUT2D eigenvalue weighted by molar-refractivity contribution is 6.30. The van der Waals surface area contributed by atoms with Gasteiger partial charge >= 0.3 is 0 Å². The molecule has 0 fully saturated rings. The van der Waals surface area contributed by atoms with E-state index in [0.717, 1.165) is 11.1 Å². The van der Waals surface area contributed by atoms with Gasteiger partial charge < -0.3 is 9.30 Å². The largest absolute Gasteiger partial charge is 0.494 e. The summed E-state index contributed by atoms with van der Waals surface area (Å²) in [5.41, 5.74) is 3.97. The number of benzene rings is 1. The lowest BCUT2D eigenvalue weighted by molar-refractivity contribution is 0.418. The van der Waals surface area contributed by atoms with Crippen molar-refractivity contribution < 1.29 is 9.13 Å². The van der Waals surface area contributed by atoms with Crippen molar-refractivity contribution in [2.45, 2.75) is 20.1 Å². The van der Waals surface area contributed by atoms with Crippen LogP contribution in [0.25, 0.3) is 11.2 Å². The fourth-order valence-electron chi connectivity index (χ4n) is 2.48. The Hall–Kier alpha value is -2.14. The Morgan fingerprint density at radius 3 is 2.82 bits per heavy atom. The van der Waals surface area contributed by atoms with Crippen molar-refractivity contribution in [1.82, 2.24) is 14.5 Å². The molecule has 4 nitrogen and oxygen atoms in total. The van der Waals surface area contributed by atoms with E-state index < -0.39 is 6.67 Å². The van der Waals surface area contributed by atoms with E-state index in [-0.39, 0.29) is 0 Å². The summed E-state index contributed by atoms with van der Waals surface area (Å²) in [6.07, 6.45) is 1.69. The molecule has 2 heterocycles. The molecule has 0 saturated carbocycles. The number of hydrogen-bond acceptors (Lipinski definition) is 3. The Balaban J connectivity index is 2.07. The maximum Gasteiger partial charge on any atom is 0.165 e. The van der Waals surface area contributed by atoms with E-state index in [2.05, 4.69) is 9.97 Å². The minimum atomic E-state index is -0.470. The van der Waals surface area contributed by atoms with Crippen LogP contribution < -0.4 is 4.74 Å². The number of rotatable bonds is 4. The Morgan fingerprint density at radius 2 is 2.09 bits per heavy atom. The van der Waals surface area contributed by atoms with Crippen LogP contribution in [0.2, 0.25) is 5.15 Å². The Morgan fingerprint density at radius 1 is 1.32 bits per heavy atom. The summed E-state index contributed by atoms with van der Waals surface area (Å²) in [7, 11) is 1.57. The van der Waals surface area contributed by atoms with Gasteiger partial charge in [-0.2, -0.15) is 0 Å². The van der Waals surface area contributed by atoms with Crippen molar-refractivity contribution in [2.24, 2.45) is 0 Å². The summed E-state index contributed by atoms with van der Waals surface area (Å²) >= 11 is 6.03. The zero-order valence-electron chi connectivity index (χ0n) is 12.3. The van der Waals surface area contributed by atoms with Crippen LogP contribution in [0.15, 0.2) is 30.6 Å². The van der Waals surface area contributed by atoms with Crippen molar-refractivity contribution in [2.75, 3.05) is 7.11 Å². The molecule has 3 aromatic rings. The van der Waals surface area contributed by atoms with Crippen LogP contribution in [-0.2, 0) is 13.2 Å². The molecule has 0 aliphatic rings. The number of methoxy groups -OCH3 is 1. The van der Waals surface area contributed by atoms with Crippen LogP contribution >= 0.6 is 11.6 Å². The second kappa shape index (κ2) is 5.93. The number of aromatic nitrogens is 3. The highest BCUT2D eigenvalue weighted by Crippen LogP contribution is 2.27. The molecule has 22 heavy (non-hydrogen) atoms. The van der Waals surface area contributed by atoms with Crippen molar-refractivity contribution in [3.05, 3.63) is 52.4 Å². The fraction of sp³-hybridized carbons (Fsp3) is 0.250. The van der Waals surface area contributed by atoms with Crippen LogP contribution in [0.4, 0.5) is 4.39 Å². The Kier molecular flexibility index (Phi) is 3.98. The highest BCUT2D eigenvalue weighted by Gasteiger charge is 2.13. The lowest BCUT2D eigenvalue weighted by atomic mass is 10.0. The molecule has 114 valence electrons. The number of halogens is 2. The van der Waals surface area contributed by atoms with Gasteiger partial charge in [-0.05, 0) is 23.6 Å². The molecule has 0 N–H and O–H groups in total. The lowest BCUT2D eigenvalue weighted by Gasteiger charge is -2.10. The molecule has 0 radical (unpaired) electrons. The molecule has 0 spiro atoms. The fourth-order valence-corrected chi connectivity index (χ4v) is 2.66. The molecule has 3 rings (SSSR count). The van der Waals surface area contributed by atoms with Crippen molar-refractivity contribution in [1.29, 1.82) is 0 Å². The normalized spacial score (nSPS) is 11.1. The van der Waals surface area contributed by atoms with Crippen molar-refractivity contribution >= 4 is 22.8 Å². The number of imidazole rings is 1. The van der Waals surface area contributed by atoms with Gasteiger partial charge in [0.15, 0.2) is 11.4 Å². The number of pyridine rings is 1. The van der Waals surface area contributed by atoms with Gasteiger partial charge in [-0.25, -0.2) is 14.4 Å². The first-order valence-electron chi connectivity index (χ1n) is 6.82. The molecule has 0 aliphatic heterocycles. The third kappa shape index (κ3) is 2.52. The molecule has 2 aromatic heterocycles. The molecule has 0 saturated heterocycles. The van der Waals surface area contributed by atoms with E-state index in [1.54, 1.807) is 25.6 Å². The van der Waals surface area contributed by atoms with Gasteiger partial charge in [-0.1, -0.05) is 29.8 Å². The number of fused-ring (bicyclic) bond motifs is 1. The number of hydrogen-bond donors (Lipinski definition) is 0. The molecule has 0 unspecified atom stereocenters. The Bertz CT molecular complexity index is 832. The Labute approximate surface area is 132 Å². The van der Waals surface area contributed by atoms with E-state index >= 15 is 0 Å². The van der Waals surface area contributed by atoms with Crippen LogP contribution in [-0.4, -0.2) is 21.6 Å². The average Bonchev–Trinajstić information content (AvgIpc) is 2.91. The summed E-state index contributed by atoms with van der Waals surface area (Å²) in [4.78, 5) is 8.67. The average molecular weight is 320 g/mol. The maximum absolute atomic E-state index is 13.0. The van der Waals surface area contributed by atoms with E-state index in [1.807, 2.05) is 23.6 Å². The monoisotopic (exact) mass is 319 g/mol. The van der Waals surface area contributed by atoms with E-state index in [9.17, 15) is 4.39 Å². The SMILES string of the molecule is COc1cc(Cl)nc2c1ncn2Cc1cccc(CF)c1C. The van der Waals surface area contributed by atoms with Crippen molar-refractivity contribution in [3.63, 3.8) is 0 Å². The van der Waals surface area contributed by atoms with Crippen LogP contribution in [0.1, 0.15) is 16.7 Å². The van der Waals surface area contributed by atoms with E-state index in [4.69, 9.17) is 16.3 Å². The predicted molar refractivity (Wildman–Crippen MR) is 84.2 cm³/mol. The third-order valence-corrected chi connectivity index (χ3v) is 3.96. The summed E-state index contributed by atoms with van der Waals surface area (Å²) in [5.74, 6) is 0.586. The second-order valence-corrected chi connectivity index (χ2v) is 5.41. The second-order valence-electron chi connectivity index (χ2n) is 5.03. The highest BCUT2D eigenvalue weighted by atomic mass is 35.5. The molecule has 0 aliphatic carbocycles. The van der Waals surface area contributed by atoms with Gasteiger partial charge in [-0.3, -0.25) is 0 Å². The molecule has 0 atom stereocenters. The first-order valence-corrected chi connectivity index (χ1v) is 7.20. The summed E-state index contributed by atoms with van der Waals surface area (Å²) in [6, 6.07) is 7.26. The zero-order chi connectivity index (χ0) is 15.7. The van der Waals surface area contributed by atoms with E-state index in [0.29, 0.717) is 34.2 Å². The maximum atomic E-state index is 13.0. The van der Waals surface area contributed by atoms with E-state index in [1.165, 1.54) is 0 Å². The van der Waals surface area contributed by atoms with Crippen molar-refractivity contribution in [3.8, 4) is 5.75 Å². The van der Waals surface area contributed by atoms with Crippen LogP contribution in [0, 0.1) is 6.92 Å². The van der Waals surface area contributed by atoms with Crippen LogP contribution in [0.5, 0.6) is 5.75 Å². The quantitative estimate of drug-likeness (QED) is 0.684. The third-order valence-electron chi connectivity index (χ3n) is 3.77. The van der Waals surface area contributed by atoms with Gasteiger partial charge in [0.1, 0.15) is 17.3 Å². The minimum absolute atomic E-state index is 0.348. The smallest absolute Gasteiger partial charge is 0.165 e. The minimum Gasteiger partial charge on any atom is -0.494 e. The van der Waals surface area contributed by atoms with Crippen LogP contribution in [0.3, 0.4) is 0 Å². The number of nitrogens with zero attached hydrogens (tertiary/aromatic N) is 3. The molecule has 1 aromatic carbocycles. The first kappa shape index (κ1) is 14.8. The lowest BCUT2D eigenvalue weighted by Crippen LogP contribution is -2.03. The zero-order valence-corrected chi connectivity index (χ0v) is 13.1. The molecular weight excluding hydrogens is 305 g/mol. The van der Waals surface area contributed by atoms with Gasteiger partial charge in [0.05, 0.1) is 20.0 Å². The molecule has 0 bridgehead atoms. The molecule has 0 amide bonds. The van der Waals surface area contributed by atoms with Gasteiger partial charge in [-0.15, -0.1) is 0 Å². The summed E-state index contributed by atoms with van der Waals surface area (Å²) in [5, 5.41) is 0.348. The summed E-state index contributed by atoms with van der Waals surface area (Å²) < 4.78 is 20.1. The van der Waals surface area contributed by atoms with Gasteiger partial charge in [0.2, 0.25) is 0 Å². The van der Waals surface area contributed by atoms with Gasteiger partial charge in [0, 0.05) is 6.07 Å². The topological polar surface area (TPSA) is 39.9 Å². The number of ether oxygens (including phenoxy) is 1. The summed E-state index contributed by atoms with van der Waals surface area (Å²) in [6.45, 7) is 2.00. The molecule has 6 heteroatoms. The molecular formula is C16H15ClFN3O. The predicted octanol–water partition coefficient (Wildman–Crippen LogP) is 3.92. The first-order chi connectivity index (χ1) is 10.6.